The molecule has 0 aromatic carbocycles. The molecule has 2 saturated carbocycles. The molecule has 0 aliphatic heterocycles. The summed E-state index contributed by atoms with van der Waals surface area (Å²) >= 11 is 0. The quantitative estimate of drug-likeness (QED) is 0.654. The van der Waals surface area contributed by atoms with E-state index in [0.717, 1.165) is 0 Å². The Labute approximate surface area is 109 Å². The van der Waals surface area contributed by atoms with E-state index in [4.69, 9.17) is 4.74 Å². The highest BCUT2D eigenvalue weighted by Gasteiger charge is 2.39. The molecular weight excluding hydrogens is 228 g/mol. The fraction of sp³-hybridized carbons (Fsp3) is 0.867. The Morgan fingerprint density at radius 2 is 1.61 bits per heavy atom. The van der Waals surface area contributed by atoms with Crippen molar-refractivity contribution in [1.29, 1.82) is 0 Å². The van der Waals surface area contributed by atoms with Crippen LogP contribution < -0.4 is 0 Å². The first-order chi connectivity index (χ1) is 8.72. The van der Waals surface area contributed by atoms with Crippen molar-refractivity contribution < 1.29 is 14.3 Å². The number of hydrogen-bond donors (Lipinski definition) is 0. The molecule has 3 heteroatoms. The van der Waals surface area contributed by atoms with E-state index in [9.17, 15) is 9.59 Å². The van der Waals surface area contributed by atoms with Gasteiger partial charge in [-0.2, -0.15) is 0 Å². The lowest BCUT2D eigenvalue weighted by Crippen LogP contribution is -2.38. The molecule has 0 heterocycles. The van der Waals surface area contributed by atoms with Crippen LogP contribution in [0.4, 0.5) is 0 Å². The Balaban J connectivity index is 1.81. The minimum Gasteiger partial charge on any atom is -0.466 e. The van der Waals surface area contributed by atoms with Crippen LogP contribution in [-0.2, 0) is 14.3 Å². The van der Waals surface area contributed by atoms with Crippen molar-refractivity contribution >= 4 is 11.8 Å². The third kappa shape index (κ3) is 3.12. The van der Waals surface area contributed by atoms with Gasteiger partial charge in [-0.3, -0.25) is 9.59 Å². The number of rotatable bonds is 7. The second-order valence-corrected chi connectivity index (χ2v) is 5.68. The van der Waals surface area contributed by atoms with Crippen LogP contribution in [0.3, 0.4) is 0 Å². The lowest BCUT2D eigenvalue weighted by molar-refractivity contribution is -0.145. The van der Waals surface area contributed by atoms with Gasteiger partial charge in [-0.25, -0.2) is 0 Å². The van der Waals surface area contributed by atoms with Gasteiger partial charge >= 0.3 is 5.97 Å². The molecule has 0 saturated heterocycles. The molecule has 0 aromatic rings. The fourth-order valence-corrected chi connectivity index (χ4v) is 3.13. The molecule has 2 rings (SSSR count). The summed E-state index contributed by atoms with van der Waals surface area (Å²) in [6.45, 7) is 2.20. The molecule has 0 spiro atoms. The summed E-state index contributed by atoms with van der Waals surface area (Å²) in [4.78, 5) is 23.6. The first-order valence-corrected chi connectivity index (χ1v) is 7.40. The first kappa shape index (κ1) is 13.6. The topological polar surface area (TPSA) is 43.4 Å². The lowest BCUT2D eigenvalue weighted by atomic mass is 9.63. The standard InChI is InChI=1S/C15H24O3/c1-2-18-14(17)10-9-13(16)15(11-5-3-6-11)12-7-4-8-12/h11-12,15H,2-10H2,1H3. The first-order valence-electron chi connectivity index (χ1n) is 7.40. The van der Waals surface area contributed by atoms with E-state index in [0.29, 0.717) is 30.6 Å². The van der Waals surface area contributed by atoms with Crippen LogP contribution in [0.2, 0.25) is 0 Å². The van der Waals surface area contributed by atoms with Crippen LogP contribution in [-0.4, -0.2) is 18.4 Å². The fourth-order valence-electron chi connectivity index (χ4n) is 3.13. The SMILES string of the molecule is CCOC(=O)CCC(=O)C(C1CCC1)C1CCC1. The summed E-state index contributed by atoms with van der Waals surface area (Å²) in [6, 6.07) is 0. The zero-order valence-electron chi connectivity index (χ0n) is 11.3. The molecule has 0 N–H and O–H groups in total. The van der Waals surface area contributed by atoms with Crippen molar-refractivity contribution in [3.05, 3.63) is 0 Å². The van der Waals surface area contributed by atoms with E-state index < -0.39 is 0 Å². The van der Waals surface area contributed by atoms with Crippen LogP contribution in [0, 0.1) is 17.8 Å². The summed E-state index contributed by atoms with van der Waals surface area (Å²) in [5.74, 6) is 1.57. The predicted molar refractivity (Wildman–Crippen MR) is 69.0 cm³/mol. The average molecular weight is 252 g/mol. The second-order valence-electron chi connectivity index (χ2n) is 5.68. The van der Waals surface area contributed by atoms with Gasteiger partial charge in [0, 0.05) is 12.3 Å². The van der Waals surface area contributed by atoms with Gasteiger partial charge in [0.25, 0.3) is 0 Å². The zero-order valence-corrected chi connectivity index (χ0v) is 11.3. The minimum absolute atomic E-state index is 0.230. The Morgan fingerprint density at radius 3 is 2.00 bits per heavy atom. The van der Waals surface area contributed by atoms with E-state index in [-0.39, 0.29) is 18.3 Å². The molecule has 0 atom stereocenters. The predicted octanol–water partition coefficient (Wildman–Crippen LogP) is 3.12. The van der Waals surface area contributed by atoms with Gasteiger partial charge in [-0.05, 0) is 44.4 Å². The average Bonchev–Trinajstić information content (AvgIpc) is 2.20. The van der Waals surface area contributed by atoms with Gasteiger partial charge in [0.15, 0.2) is 0 Å². The number of carbonyl (C=O) groups excluding carboxylic acids is 2. The van der Waals surface area contributed by atoms with Crippen molar-refractivity contribution in [2.75, 3.05) is 6.61 Å². The number of ketones is 1. The highest BCUT2D eigenvalue weighted by molar-refractivity contribution is 5.85. The van der Waals surface area contributed by atoms with E-state index in [2.05, 4.69) is 0 Å². The molecule has 2 aliphatic carbocycles. The minimum atomic E-state index is -0.230. The van der Waals surface area contributed by atoms with Crippen molar-refractivity contribution in [3.8, 4) is 0 Å². The summed E-state index contributed by atoms with van der Waals surface area (Å²) in [5, 5.41) is 0. The van der Waals surface area contributed by atoms with Crippen LogP contribution in [0.15, 0.2) is 0 Å². The number of hydrogen-bond acceptors (Lipinski definition) is 3. The van der Waals surface area contributed by atoms with Gasteiger partial charge in [-0.1, -0.05) is 12.8 Å². The molecule has 2 aliphatic rings. The van der Waals surface area contributed by atoms with E-state index in [1.54, 1.807) is 6.92 Å². The summed E-state index contributed by atoms with van der Waals surface area (Å²) in [7, 11) is 0. The number of esters is 1. The lowest BCUT2D eigenvalue weighted by Gasteiger charge is -2.41. The number of carbonyl (C=O) groups is 2. The summed E-state index contributed by atoms with van der Waals surface area (Å²) in [5.41, 5.74) is 0. The Kier molecular flexibility index (Phi) is 4.79. The smallest absolute Gasteiger partial charge is 0.306 e. The molecule has 0 bridgehead atoms. The molecule has 18 heavy (non-hydrogen) atoms. The Hall–Kier alpha value is -0.860. The normalized spacial score (nSPS) is 20.3. The van der Waals surface area contributed by atoms with Gasteiger partial charge in [-0.15, -0.1) is 0 Å². The number of ether oxygens (including phenoxy) is 1. The molecule has 0 amide bonds. The highest BCUT2D eigenvalue weighted by atomic mass is 16.5. The van der Waals surface area contributed by atoms with E-state index in [1.165, 1.54) is 38.5 Å². The molecule has 3 nitrogen and oxygen atoms in total. The molecule has 0 radical (unpaired) electrons. The van der Waals surface area contributed by atoms with Crippen LogP contribution >= 0.6 is 0 Å². The largest absolute Gasteiger partial charge is 0.466 e. The van der Waals surface area contributed by atoms with Crippen molar-refractivity contribution in [2.45, 2.75) is 58.3 Å². The van der Waals surface area contributed by atoms with Gasteiger partial charge in [0.05, 0.1) is 13.0 Å². The molecule has 0 aromatic heterocycles. The maximum Gasteiger partial charge on any atom is 0.306 e. The van der Waals surface area contributed by atoms with Crippen molar-refractivity contribution in [1.82, 2.24) is 0 Å². The molecule has 102 valence electrons. The maximum atomic E-state index is 12.3. The monoisotopic (exact) mass is 252 g/mol. The molecule has 2 fully saturated rings. The zero-order chi connectivity index (χ0) is 13.0. The van der Waals surface area contributed by atoms with Gasteiger partial charge in [0.2, 0.25) is 0 Å². The van der Waals surface area contributed by atoms with Crippen molar-refractivity contribution in [3.63, 3.8) is 0 Å². The Morgan fingerprint density at radius 1 is 1.06 bits per heavy atom. The summed E-state index contributed by atoms with van der Waals surface area (Å²) < 4.78 is 4.88. The highest BCUT2D eigenvalue weighted by Crippen LogP contribution is 2.45. The molecular formula is C15H24O3. The van der Waals surface area contributed by atoms with Crippen LogP contribution in [0.25, 0.3) is 0 Å². The maximum absolute atomic E-state index is 12.3. The third-order valence-corrected chi connectivity index (χ3v) is 4.57. The van der Waals surface area contributed by atoms with E-state index >= 15 is 0 Å². The van der Waals surface area contributed by atoms with Crippen LogP contribution in [0.5, 0.6) is 0 Å². The van der Waals surface area contributed by atoms with Crippen LogP contribution in [0.1, 0.15) is 58.3 Å². The van der Waals surface area contributed by atoms with E-state index in [1.807, 2.05) is 0 Å². The van der Waals surface area contributed by atoms with Gasteiger partial charge < -0.3 is 4.74 Å². The number of Topliss-reactive ketones (excluding diaryl/α,β-unsaturated/α-hetero) is 1. The molecule has 0 unspecified atom stereocenters. The summed E-state index contributed by atoms with van der Waals surface area (Å²) in [6.07, 6.45) is 8.06. The van der Waals surface area contributed by atoms with Gasteiger partial charge in [0.1, 0.15) is 5.78 Å². The van der Waals surface area contributed by atoms with Crippen molar-refractivity contribution in [2.24, 2.45) is 17.8 Å². The third-order valence-electron chi connectivity index (χ3n) is 4.57. The Bertz CT molecular complexity index is 289. The second kappa shape index (κ2) is 6.35.